The number of hydrogen-bond acceptors (Lipinski definition) is 3. The van der Waals surface area contributed by atoms with Gasteiger partial charge in [0.2, 0.25) is 5.91 Å². The van der Waals surface area contributed by atoms with Crippen LogP contribution in [0.3, 0.4) is 0 Å². The lowest BCUT2D eigenvalue weighted by molar-refractivity contribution is -0.153. The molecule has 0 aromatic heterocycles. The van der Waals surface area contributed by atoms with Gasteiger partial charge in [-0.05, 0) is 0 Å². The minimum absolute atomic E-state index is 0.0813. The van der Waals surface area contributed by atoms with Crippen LogP contribution in [-0.4, -0.2) is 48.3 Å². The molecule has 0 aromatic carbocycles. The summed E-state index contributed by atoms with van der Waals surface area (Å²) < 4.78 is 0. The minimum Gasteiger partial charge on any atom is -0.396 e. The van der Waals surface area contributed by atoms with Gasteiger partial charge in [-0.2, -0.15) is 0 Å². The SMILES string of the molecule is CN1CC(CO)CC(=O)N1C. The van der Waals surface area contributed by atoms with Gasteiger partial charge >= 0.3 is 0 Å². The highest BCUT2D eigenvalue weighted by atomic mass is 16.3. The number of carbonyl (C=O) groups excluding carboxylic acids is 1. The fourth-order valence-corrected chi connectivity index (χ4v) is 1.25. The van der Waals surface area contributed by atoms with E-state index in [9.17, 15) is 4.79 Å². The Bertz CT molecular complexity index is 161. The van der Waals surface area contributed by atoms with Crippen LogP contribution in [0.1, 0.15) is 6.42 Å². The first-order valence-electron chi connectivity index (χ1n) is 3.73. The summed E-state index contributed by atoms with van der Waals surface area (Å²) in [5.74, 6) is 0.196. The second kappa shape index (κ2) is 3.19. The monoisotopic (exact) mass is 158 g/mol. The molecule has 0 aromatic rings. The van der Waals surface area contributed by atoms with Crippen molar-refractivity contribution in [2.24, 2.45) is 5.92 Å². The Morgan fingerprint density at radius 2 is 2.27 bits per heavy atom. The summed E-state index contributed by atoms with van der Waals surface area (Å²) in [4.78, 5) is 11.1. The zero-order chi connectivity index (χ0) is 8.43. The van der Waals surface area contributed by atoms with Crippen LogP contribution >= 0.6 is 0 Å². The van der Waals surface area contributed by atoms with Crippen molar-refractivity contribution in [1.82, 2.24) is 10.0 Å². The predicted molar refractivity (Wildman–Crippen MR) is 40.6 cm³/mol. The molecular weight excluding hydrogens is 144 g/mol. The Labute approximate surface area is 66.4 Å². The van der Waals surface area contributed by atoms with Crippen LogP contribution in [0, 0.1) is 5.92 Å². The lowest BCUT2D eigenvalue weighted by Crippen LogP contribution is -2.49. The number of rotatable bonds is 1. The van der Waals surface area contributed by atoms with Gasteiger partial charge in [0, 0.05) is 39.6 Å². The van der Waals surface area contributed by atoms with Crippen LogP contribution in [0.15, 0.2) is 0 Å². The van der Waals surface area contributed by atoms with Gasteiger partial charge < -0.3 is 5.11 Å². The molecule has 1 aliphatic heterocycles. The number of aliphatic hydroxyl groups is 1. The first-order valence-corrected chi connectivity index (χ1v) is 3.73. The Balaban J connectivity index is 2.54. The van der Waals surface area contributed by atoms with E-state index in [0.29, 0.717) is 6.42 Å². The molecule has 1 heterocycles. The van der Waals surface area contributed by atoms with Gasteiger partial charge in [0.25, 0.3) is 0 Å². The predicted octanol–water partition coefficient (Wildman–Crippen LogP) is -0.696. The molecule has 1 fully saturated rings. The third-order valence-corrected chi connectivity index (χ3v) is 2.12. The molecule has 1 amide bonds. The van der Waals surface area contributed by atoms with E-state index < -0.39 is 0 Å². The van der Waals surface area contributed by atoms with Gasteiger partial charge in [-0.15, -0.1) is 0 Å². The molecule has 64 valence electrons. The number of carbonyl (C=O) groups is 1. The molecule has 0 bridgehead atoms. The van der Waals surface area contributed by atoms with Crippen LogP contribution in [0.5, 0.6) is 0 Å². The summed E-state index contributed by atoms with van der Waals surface area (Å²) in [7, 11) is 3.59. The number of hydrogen-bond donors (Lipinski definition) is 1. The summed E-state index contributed by atoms with van der Waals surface area (Å²) in [5, 5.41) is 12.2. The van der Waals surface area contributed by atoms with Crippen molar-refractivity contribution in [3.63, 3.8) is 0 Å². The Morgan fingerprint density at radius 1 is 1.64 bits per heavy atom. The second-order valence-electron chi connectivity index (χ2n) is 3.01. The van der Waals surface area contributed by atoms with E-state index in [0.717, 1.165) is 6.54 Å². The van der Waals surface area contributed by atoms with E-state index in [-0.39, 0.29) is 18.4 Å². The molecule has 0 saturated carbocycles. The van der Waals surface area contributed by atoms with Gasteiger partial charge in [-0.3, -0.25) is 9.80 Å². The minimum atomic E-state index is 0.0813. The Kier molecular flexibility index (Phi) is 2.46. The van der Waals surface area contributed by atoms with Crippen LogP contribution in [0.2, 0.25) is 0 Å². The smallest absolute Gasteiger partial charge is 0.237 e. The van der Waals surface area contributed by atoms with Gasteiger partial charge in [-0.25, -0.2) is 5.01 Å². The topological polar surface area (TPSA) is 43.8 Å². The first kappa shape index (κ1) is 8.49. The van der Waals surface area contributed by atoms with Crippen molar-refractivity contribution in [1.29, 1.82) is 0 Å². The summed E-state index contributed by atoms with van der Waals surface area (Å²) in [6.45, 7) is 0.864. The van der Waals surface area contributed by atoms with E-state index in [1.54, 1.807) is 12.1 Å². The van der Waals surface area contributed by atoms with Crippen LogP contribution in [0.25, 0.3) is 0 Å². The largest absolute Gasteiger partial charge is 0.396 e. The molecule has 1 rings (SSSR count). The average molecular weight is 158 g/mol. The maximum atomic E-state index is 11.1. The highest BCUT2D eigenvalue weighted by Gasteiger charge is 2.26. The number of amides is 1. The van der Waals surface area contributed by atoms with Gasteiger partial charge in [0.05, 0.1) is 0 Å². The second-order valence-corrected chi connectivity index (χ2v) is 3.01. The zero-order valence-corrected chi connectivity index (χ0v) is 6.95. The molecule has 0 spiro atoms. The molecule has 0 aliphatic carbocycles. The number of hydrazine groups is 1. The number of nitrogens with zero attached hydrogens (tertiary/aromatic N) is 2. The first-order chi connectivity index (χ1) is 5.15. The highest BCUT2D eigenvalue weighted by Crippen LogP contribution is 2.13. The van der Waals surface area contributed by atoms with Gasteiger partial charge in [0.15, 0.2) is 0 Å². The van der Waals surface area contributed by atoms with Crippen molar-refractivity contribution >= 4 is 5.91 Å². The van der Waals surface area contributed by atoms with E-state index in [2.05, 4.69) is 0 Å². The Morgan fingerprint density at radius 3 is 2.73 bits per heavy atom. The molecule has 1 atom stereocenters. The van der Waals surface area contributed by atoms with E-state index in [1.165, 1.54) is 0 Å². The van der Waals surface area contributed by atoms with Gasteiger partial charge in [0.1, 0.15) is 0 Å². The molecule has 1 saturated heterocycles. The molecular formula is C7H14N2O2. The number of aliphatic hydroxyl groups excluding tert-OH is 1. The normalized spacial score (nSPS) is 27.7. The molecule has 1 aliphatic rings. The standard InChI is InChI=1S/C7H14N2O2/c1-8-4-6(5-10)3-7(11)9(8)2/h6,10H,3-5H2,1-2H3. The lowest BCUT2D eigenvalue weighted by atomic mass is 10.0. The maximum Gasteiger partial charge on any atom is 0.237 e. The average Bonchev–Trinajstić information content (AvgIpc) is 1.99. The maximum absolute atomic E-state index is 11.1. The van der Waals surface area contributed by atoms with Crippen LogP contribution in [0.4, 0.5) is 0 Å². The van der Waals surface area contributed by atoms with E-state index >= 15 is 0 Å². The zero-order valence-electron chi connectivity index (χ0n) is 6.95. The van der Waals surface area contributed by atoms with Crippen LogP contribution < -0.4 is 0 Å². The third kappa shape index (κ3) is 1.70. The van der Waals surface area contributed by atoms with Crippen molar-refractivity contribution in [3.8, 4) is 0 Å². The molecule has 11 heavy (non-hydrogen) atoms. The van der Waals surface area contributed by atoms with Crippen molar-refractivity contribution in [2.75, 3.05) is 27.2 Å². The van der Waals surface area contributed by atoms with E-state index in [1.807, 2.05) is 12.1 Å². The van der Waals surface area contributed by atoms with E-state index in [4.69, 9.17) is 5.11 Å². The molecule has 0 radical (unpaired) electrons. The summed E-state index contributed by atoms with van der Waals surface area (Å²) in [5.41, 5.74) is 0. The lowest BCUT2D eigenvalue weighted by Gasteiger charge is -2.36. The molecule has 1 N–H and O–H groups in total. The summed E-state index contributed by atoms with van der Waals surface area (Å²) >= 11 is 0. The Hall–Kier alpha value is -0.610. The highest BCUT2D eigenvalue weighted by molar-refractivity contribution is 5.76. The fourth-order valence-electron chi connectivity index (χ4n) is 1.25. The fraction of sp³-hybridized carbons (Fsp3) is 0.857. The molecule has 1 unspecified atom stereocenters. The van der Waals surface area contributed by atoms with Crippen molar-refractivity contribution in [2.45, 2.75) is 6.42 Å². The quantitative estimate of drug-likeness (QED) is 0.549. The van der Waals surface area contributed by atoms with Crippen molar-refractivity contribution < 1.29 is 9.90 Å². The summed E-state index contributed by atoms with van der Waals surface area (Å²) in [6, 6.07) is 0. The molecule has 4 nitrogen and oxygen atoms in total. The van der Waals surface area contributed by atoms with Gasteiger partial charge in [-0.1, -0.05) is 0 Å². The summed E-state index contributed by atoms with van der Waals surface area (Å²) in [6.07, 6.45) is 0.470. The van der Waals surface area contributed by atoms with Crippen molar-refractivity contribution in [3.05, 3.63) is 0 Å². The molecule has 4 heteroatoms. The third-order valence-electron chi connectivity index (χ3n) is 2.12. The van der Waals surface area contributed by atoms with Crippen LogP contribution in [-0.2, 0) is 4.79 Å².